The number of hydrogen-bond acceptors (Lipinski definition) is 4. The van der Waals surface area contributed by atoms with Gasteiger partial charge in [0, 0.05) is 12.1 Å². The van der Waals surface area contributed by atoms with Gasteiger partial charge in [-0.25, -0.2) is 9.59 Å². The molecular formula is C19H26F3N3O4. The van der Waals surface area contributed by atoms with Crippen molar-refractivity contribution in [2.45, 2.75) is 58.8 Å². The first kappa shape index (κ1) is 24.3. The molecule has 0 heterocycles. The highest BCUT2D eigenvalue weighted by atomic mass is 19.4. The largest absolute Gasteiger partial charge is 0.463 e. The fraction of sp³-hybridized carbons (Fsp3) is 0.526. The maximum absolute atomic E-state index is 13.9. The monoisotopic (exact) mass is 417 g/mol. The number of alkyl halides is 3. The van der Waals surface area contributed by atoms with Crippen LogP contribution in [-0.4, -0.2) is 36.4 Å². The Labute approximate surface area is 167 Å². The van der Waals surface area contributed by atoms with E-state index < -0.39 is 29.7 Å². The Kier molecular flexibility index (Phi) is 8.47. The van der Waals surface area contributed by atoms with Crippen molar-refractivity contribution >= 4 is 23.6 Å². The van der Waals surface area contributed by atoms with E-state index in [2.05, 4.69) is 10.1 Å². The lowest BCUT2D eigenvalue weighted by Gasteiger charge is -2.34. The van der Waals surface area contributed by atoms with Gasteiger partial charge in [0.05, 0.1) is 6.61 Å². The molecule has 1 aromatic rings. The summed E-state index contributed by atoms with van der Waals surface area (Å²) in [5.74, 6) is -2.86. The number of nitrogens with one attached hydrogen (secondary N) is 3. The molecule has 0 aromatic heterocycles. The third-order valence-corrected chi connectivity index (χ3v) is 4.16. The molecule has 0 aliphatic rings. The smallest absolute Gasteiger partial charge is 0.442 e. The summed E-state index contributed by atoms with van der Waals surface area (Å²) in [6, 6.07) is 3.42. The summed E-state index contributed by atoms with van der Waals surface area (Å²) in [6.45, 7) is 6.30. The van der Waals surface area contributed by atoms with Gasteiger partial charge in [-0.1, -0.05) is 19.4 Å². The number of carbonyl (C=O) groups is 3. The van der Waals surface area contributed by atoms with Gasteiger partial charge >= 0.3 is 23.8 Å². The second-order valence-electron chi connectivity index (χ2n) is 6.50. The molecule has 3 amide bonds. The lowest BCUT2D eigenvalue weighted by Crippen LogP contribution is -2.74. The van der Waals surface area contributed by atoms with Gasteiger partial charge in [-0.2, -0.15) is 13.2 Å². The van der Waals surface area contributed by atoms with Crippen molar-refractivity contribution < 1.29 is 32.3 Å². The molecule has 0 fully saturated rings. The molecule has 10 heteroatoms. The molecule has 1 rings (SSSR count). The van der Waals surface area contributed by atoms with E-state index in [1.807, 2.05) is 6.92 Å². The highest BCUT2D eigenvalue weighted by Crippen LogP contribution is 2.30. The Hall–Kier alpha value is -2.78. The van der Waals surface area contributed by atoms with Crippen LogP contribution >= 0.6 is 0 Å². The van der Waals surface area contributed by atoms with Gasteiger partial charge < -0.3 is 15.4 Å². The van der Waals surface area contributed by atoms with Gasteiger partial charge in [-0.3, -0.25) is 10.1 Å². The Morgan fingerprint density at radius 3 is 2.21 bits per heavy atom. The molecule has 0 saturated heterocycles. The third-order valence-electron chi connectivity index (χ3n) is 4.16. The van der Waals surface area contributed by atoms with Crippen molar-refractivity contribution in [3.8, 4) is 0 Å². The van der Waals surface area contributed by atoms with E-state index in [0.717, 1.165) is 11.1 Å². The number of aryl methyl sites for hydroxylation is 2. The standard InChI is InChI=1S/C19H26F3N3O4/c1-5-7-8-15(26)24-18(19(20,21)22,16(27)29-6-2)25-17(28)23-14-10-9-12(3)13(4)11-14/h9-11H,5-8H2,1-4H3,(H,24,26)(H2,23,25,28). The van der Waals surface area contributed by atoms with Crippen molar-refractivity contribution in [3.63, 3.8) is 0 Å². The Morgan fingerprint density at radius 1 is 1.03 bits per heavy atom. The summed E-state index contributed by atoms with van der Waals surface area (Å²) in [6.07, 6.45) is -4.71. The van der Waals surface area contributed by atoms with E-state index >= 15 is 0 Å². The summed E-state index contributed by atoms with van der Waals surface area (Å²) >= 11 is 0. The minimum Gasteiger partial charge on any atom is -0.463 e. The number of unbranched alkanes of at least 4 members (excludes halogenated alkanes) is 1. The quantitative estimate of drug-likeness (QED) is 0.445. The summed E-state index contributed by atoms with van der Waals surface area (Å²) in [4.78, 5) is 36.5. The molecule has 29 heavy (non-hydrogen) atoms. The van der Waals surface area contributed by atoms with E-state index in [-0.39, 0.29) is 18.7 Å². The number of hydrogen-bond donors (Lipinski definition) is 3. The zero-order valence-electron chi connectivity index (χ0n) is 16.8. The Morgan fingerprint density at radius 2 is 1.69 bits per heavy atom. The van der Waals surface area contributed by atoms with Crippen LogP contribution in [0.25, 0.3) is 0 Å². The maximum atomic E-state index is 13.9. The number of ether oxygens (including phenoxy) is 1. The molecule has 0 spiro atoms. The summed E-state index contributed by atoms with van der Waals surface area (Å²) in [7, 11) is 0. The van der Waals surface area contributed by atoms with Crippen LogP contribution < -0.4 is 16.0 Å². The number of anilines is 1. The van der Waals surface area contributed by atoms with Crippen LogP contribution in [0.4, 0.5) is 23.7 Å². The Bertz CT molecular complexity index is 753. The number of benzene rings is 1. The highest BCUT2D eigenvalue weighted by Gasteiger charge is 2.64. The molecule has 0 bridgehead atoms. The fourth-order valence-electron chi connectivity index (χ4n) is 2.39. The number of rotatable bonds is 8. The number of halogens is 3. The lowest BCUT2D eigenvalue weighted by molar-refractivity contribution is -0.218. The van der Waals surface area contributed by atoms with Gasteiger partial charge in [-0.15, -0.1) is 0 Å². The fourth-order valence-corrected chi connectivity index (χ4v) is 2.39. The molecule has 0 radical (unpaired) electrons. The third kappa shape index (κ3) is 6.37. The van der Waals surface area contributed by atoms with E-state index in [9.17, 15) is 27.6 Å². The van der Waals surface area contributed by atoms with Gasteiger partial charge in [0.1, 0.15) is 0 Å². The maximum Gasteiger partial charge on any atom is 0.442 e. The average Bonchev–Trinajstić information content (AvgIpc) is 2.61. The van der Waals surface area contributed by atoms with Crippen molar-refractivity contribution in [1.82, 2.24) is 10.6 Å². The van der Waals surface area contributed by atoms with Crippen LogP contribution in [0.5, 0.6) is 0 Å². The average molecular weight is 417 g/mol. The summed E-state index contributed by atoms with van der Waals surface area (Å²) < 4.78 is 46.2. The van der Waals surface area contributed by atoms with E-state index in [1.165, 1.54) is 13.0 Å². The zero-order valence-corrected chi connectivity index (χ0v) is 16.8. The molecule has 0 saturated carbocycles. The predicted octanol–water partition coefficient (Wildman–Crippen LogP) is 3.55. The van der Waals surface area contributed by atoms with Crippen LogP contribution in [0.3, 0.4) is 0 Å². The molecule has 1 aromatic carbocycles. The number of esters is 1. The molecule has 0 aliphatic carbocycles. The van der Waals surface area contributed by atoms with Crippen molar-refractivity contribution in [1.29, 1.82) is 0 Å². The molecule has 1 unspecified atom stereocenters. The first-order valence-electron chi connectivity index (χ1n) is 9.18. The molecule has 7 nitrogen and oxygen atoms in total. The number of urea groups is 1. The minimum atomic E-state index is -5.35. The summed E-state index contributed by atoms with van der Waals surface area (Å²) in [5.41, 5.74) is -1.75. The first-order chi connectivity index (χ1) is 13.5. The van der Waals surface area contributed by atoms with Crippen LogP contribution in [-0.2, 0) is 14.3 Å². The van der Waals surface area contributed by atoms with E-state index in [4.69, 9.17) is 0 Å². The van der Waals surface area contributed by atoms with Crippen LogP contribution in [0, 0.1) is 13.8 Å². The van der Waals surface area contributed by atoms with Gasteiger partial charge in [-0.05, 0) is 50.5 Å². The summed E-state index contributed by atoms with van der Waals surface area (Å²) in [5, 5.41) is 5.42. The number of amides is 3. The molecule has 3 N–H and O–H groups in total. The second kappa shape index (κ2) is 10.1. The topological polar surface area (TPSA) is 96.5 Å². The first-order valence-corrected chi connectivity index (χ1v) is 9.18. The SMILES string of the molecule is CCCCC(=O)NC(NC(=O)Nc1ccc(C)c(C)c1)(C(=O)OCC)C(F)(F)F. The van der Waals surface area contributed by atoms with Gasteiger partial charge in [0.15, 0.2) is 0 Å². The molecular weight excluding hydrogens is 391 g/mol. The zero-order chi connectivity index (χ0) is 22.2. The normalized spacial score (nSPS) is 13.2. The highest BCUT2D eigenvalue weighted by molar-refractivity contribution is 5.97. The second-order valence-corrected chi connectivity index (χ2v) is 6.50. The van der Waals surface area contributed by atoms with Crippen LogP contribution in [0.15, 0.2) is 18.2 Å². The number of carbonyl (C=O) groups excluding carboxylic acids is 3. The minimum absolute atomic E-state index is 0.225. The predicted molar refractivity (Wildman–Crippen MR) is 101 cm³/mol. The van der Waals surface area contributed by atoms with Crippen molar-refractivity contribution in [2.24, 2.45) is 0 Å². The molecule has 1 atom stereocenters. The van der Waals surface area contributed by atoms with Gasteiger partial charge in [0.2, 0.25) is 5.91 Å². The van der Waals surface area contributed by atoms with Crippen molar-refractivity contribution in [2.75, 3.05) is 11.9 Å². The van der Waals surface area contributed by atoms with E-state index in [0.29, 0.717) is 12.8 Å². The van der Waals surface area contributed by atoms with Crippen LogP contribution in [0.1, 0.15) is 44.2 Å². The van der Waals surface area contributed by atoms with E-state index in [1.54, 1.807) is 36.6 Å². The lowest BCUT2D eigenvalue weighted by atomic mass is 10.1. The molecule has 162 valence electrons. The molecule has 0 aliphatic heterocycles. The Balaban J connectivity index is 3.19. The van der Waals surface area contributed by atoms with Crippen molar-refractivity contribution in [3.05, 3.63) is 29.3 Å². The van der Waals surface area contributed by atoms with Gasteiger partial charge in [0.25, 0.3) is 0 Å². The van der Waals surface area contributed by atoms with Crippen LogP contribution in [0.2, 0.25) is 0 Å².